The summed E-state index contributed by atoms with van der Waals surface area (Å²) in [6.45, 7) is 10.4. The number of nitrogens with zero attached hydrogens (tertiary/aromatic N) is 2. The first-order valence-corrected chi connectivity index (χ1v) is 6.02. The van der Waals surface area contributed by atoms with Crippen molar-refractivity contribution in [3.8, 4) is 0 Å². The molecule has 0 saturated carbocycles. The van der Waals surface area contributed by atoms with Gasteiger partial charge in [-0.2, -0.15) is 0 Å². The van der Waals surface area contributed by atoms with Gasteiger partial charge in [-0.3, -0.25) is 0 Å². The number of nitrogens with one attached hydrogen (secondary N) is 2. The molecule has 1 aliphatic rings. The smallest absolute Gasteiger partial charge is 0.148 e. The lowest BCUT2D eigenvalue weighted by molar-refractivity contribution is 0.987. The van der Waals surface area contributed by atoms with Crippen molar-refractivity contribution in [3.63, 3.8) is 0 Å². The summed E-state index contributed by atoms with van der Waals surface area (Å²) in [5, 5.41) is 14.4. The summed E-state index contributed by atoms with van der Waals surface area (Å²) in [4.78, 5) is 0. The highest BCUT2D eigenvalue weighted by Gasteiger charge is 2.12. The Morgan fingerprint density at radius 3 is 2.79 bits per heavy atom. The highest BCUT2D eigenvalue weighted by molar-refractivity contribution is 5.76. The standard InChI is InChI=1S/C14H17N5/c1-4-16-14-6-5-13(18-19-14)11-7-12(9(2)15)10(3)17-8-11/h5-8,17H,2-4,15H2,1H3,(H,16,19). The van der Waals surface area contributed by atoms with Gasteiger partial charge in [-0.25, -0.2) is 0 Å². The van der Waals surface area contributed by atoms with Crippen molar-refractivity contribution in [2.75, 3.05) is 11.9 Å². The van der Waals surface area contributed by atoms with Gasteiger partial charge in [-0.15, -0.1) is 10.2 Å². The average Bonchev–Trinajstić information content (AvgIpc) is 2.40. The number of allylic oxidation sites excluding steroid dienone is 2. The summed E-state index contributed by atoms with van der Waals surface area (Å²) in [6, 6.07) is 3.79. The molecule has 0 amide bonds. The lowest BCUT2D eigenvalue weighted by Crippen LogP contribution is -2.16. The first kappa shape index (κ1) is 12.9. The van der Waals surface area contributed by atoms with Crippen LogP contribution in [-0.4, -0.2) is 16.7 Å². The van der Waals surface area contributed by atoms with Gasteiger partial charge in [-0.05, 0) is 25.1 Å². The Balaban J connectivity index is 2.27. The zero-order valence-corrected chi connectivity index (χ0v) is 10.9. The Morgan fingerprint density at radius 2 is 2.21 bits per heavy atom. The molecule has 0 fully saturated rings. The fraction of sp³-hybridized carbons (Fsp3) is 0.143. The maximum atomic E-state index is 5.72. The SMILES string of the molecule is C=C(N)C1=CC(c2ccc(NCC)nn2)=CNC1=C. The van der Waals surface area contributed by atoms with Crippen LogP contribution in [-0.2, 0) is 0 Å². The van der Waals surface area contributed by atoms with Crippen molar-refractivity contribution >= 4 is 11.4 Å². The van der Waals surface area contributed by atoms with Crippen molar-refractivity contribution in [2.45, 2.75) is 6.92 Å². The van der Waals surface area contributed by atoms with Crippen molar-refractivity contribution in [1.29, 1.82) is 0 Å². The molecule has 0 aromatic carbocycles. The van der Waals surface area contributed by atoms with Crippen molar-refractivity contribution in [1.82, 2.24) is 15.5 Å². The largest absolute Gasteiger partial charge is 0.399 e. The maximum absolute atomic E-state index is 5.72. The van der Waals surface area contributed by atoms with Gasteiger partial charge in [0, 0.05) is 35.3 Å². The van der Waals surface area contributed by atoms with Gasteiger partial charge in [0.1, 0.15) is 5.82 Å². The predicted molar refractivity (Wildman–Crippen MR) is 77.9 cm³/mol. The summed E-state index contributed by atoms with van der Waals surface area (Å²) in [5.41, 5.74) is 9.37. The molecular weight excluding hydrogens is 238 g/mol. The second-order valence-corrected chi connectivity index (χ2v) is 4.14. The summed E-state index contributed by atoms with van der Waals surface area (Å²) in [5.74, 6) is 0.757. The van der Waals surface area contributed by atoms with E-state index in [0.717, 1.165) is 34.9 Å². The van der Waals surface area contributed by atoms with Gasteiger partial charge >= 0.3 is 0 Å². The van der Waals surface area contributed by atoms with E-state index in [0.29, 0.717) is 5.70 Å². The van der Waals surface area contributed by atoms with Gasteiger partial charge in [-0.1, -0.05) is 13.2 Å². The van der Waals surface area contributed by atoms with Crippen LogP contribution >= 0.6 is 0 Å². The normalized spacial score (nSPS) is 14.3. The number of hydrogen-bond donors (Lipinski definition) is 3. The molecule has 1 aliphatic heterocycles. The zero-order valence-electron chi connectivity index (χ0n) is 10.9. The molecule has 5 nitrogen and oxygen atoms in total. The highest BCUT2D eigenvalue weighted by atomic mass is 15.2. The van der Waals surface area contributed by atoms with Crippen LogP contribution in [0.2, 0.25) is 0 Å². The molecule has 2 rings (SSSR count). The van der Waals surface area contributed by atoms with Crippen molar-refractivity contribution in [3.05, 3.63) is 60.2 Å². The molecule has 2 heterocycles. The molecule has 98 valence electrons. The summed E-state index contributed by atoms with van der Waals surface area (Å²) < 4.78 is 0. The summed E-state index contributed by atoms with van der Waals surface area (Å²) >= 11 is 0. The number of anilines is 1. The topological polar surface area (TPSA) is 75.9 Å². The van der Waals surface area contributed by atoms with E-state index in [1.807, 2.05) is 31.3 Å². The lowest BCUT2D eigenvalue weighted by atomic mass is 10.0. The lowest BCUT2D eigenvalue weighted by Gasteiger charge is -2.17. The fourth-order valence-corrected chi connectivity index (χ4v) is 1.72. The van der Waals surface area contributed by atoms with E-state index in [2.05, 4.69) is 34.0 Å². The maximum Gasteiger partial charge on any atom is 0.148 e. The van der Waals surface area contributed by atoms with Crippen LogP contribution in [0.5, 0.6) is 0 Å². The number of rotatable bonds is 4. The highest BCUT2D eigenvalue weighted by Crippen LogP contribution is 2.23. The average molecular weight is 255 g/mol. The number of aromatic nitrogens is 2. The Labute approximate surface area is 112 Å². The van der Waals surface area contributed by atoms with Gasteiger partial charge in [0.05, 0.1) is 5.69 Å². The van der Waals surface area contributed by atoms with Crippen LogP contribution in [0.4, 0.5) is 5.82 Å². The molecule has 0 unspecified atom stereocenters. The number of hydrogen-bond acceptors (Lipinski definition) is 5. The number of nitrogens with two attached hydrogens (primary N) is 1. The van der Waals surface area contributed by atoms with Crippen molar-refractivity contribution in [2.24, 2.45) is 5.73 Å². The molecule has 4 N–H and O–H groups in total. The molecule has 0 saturated heterocycles. The van der Waals surface area contributed by atoms with Crippen LogP contribution in [0.25, 0.3) is 5.57 Å². The van der Waals surface area contributed by atoms with E-state index in [-0.39, 0.29) is 0 Å². The summed E-state index contributed by atoms with van der Waals surface area (Å²) in [6.07, 6.45) is 3.73. The monoisotopic (exact) mass is 255 g/mol. The molecule has 0 aliphatic carbocycles. The Hall–Kier alpha value is -2.56. The van der Waals surface area contributed by atoms with Crippen LogP contribution in [0.1, 0.15) is 12.6 Å². The van der Waals surface area contributed by atoms with Crippen LogP contribution in [0.15, 0.2) is 54.5 Å². The molecule has 0 atom stereocenters. The van der Waals surface area contributed by atoms with E-state index >= 15 is 0 Å². The summed E-state index contributed by atoms with van der Waals surface area (Å²) in [7, 11) is 0. The van der Waals surface area contributed by atoms with E-state index < -0.39 is 0 Å². The third-order valence-electron chi connectivity index (χ3n) is 2.69. The predicted octanol–water partition coefficient (Wildman–Crippen LogP) is 1.77. The van der Waals surface area contributed by atoms with Crippen molar-refractivity contribution < 1.29 is 0 Å². The molecule has 5 heteroatoms. The quantitative estimate of drug-likeness (QED) is 0.764. The molecular formula is C14H17N5. The van der Waals surface area contributed by atoms with E-state index in [1.54, 1.807) is 0 Å². The first-order valence-electron chi connectivity index (χ1n) is 6.02. The molecule has 1 aromatic rings. The molecule has 19 heavy (non-hydrogen) atoms. The van der Waals surface area contributed by atoms with Crippen LogP contribution in [0, 0.1) is 0 Å². The van der Waals surface area contributed by atoms with Gasteiger partial charge in [0.15, 0.2) is 0 Å². The van der Waals surface area contributed by atoms with E-state index in [1.165, 1.54) is 0 Å². The molecule has 1 aromatic heterocycles. The minimum atomic E-state index is 0.473. The van der Waals surface area contributed by atoms with Gasteiger partial charge < -0.3 is 16.4 Å². The second-order valence-electron chi connectivity index (χ2n) is 4.14. The number of dihydropyridines is 1. The van der Waals surface area contributed by atoms with E-state index in [9.17, 15) is 0 Å². The van der Waals surface area contributed by atoms with Gasteiger partial charge in [0.25, 0.3) is 0 Å². The fourth-order valence-electron chi connectivity index (χ4n) is 1.72. The Kier molecular flexibility index (Phi) is 3.66. The molecule has 0 spiro atoms. The third kappa shape index (κ3) is 2.82. The van der Waals surface area contributed by atoms with E-state index in [4.69, 9.17) is 5.73 Å². The molecule has 0 bridgehead atoms. The van der Waals surface area contributed by atoms with Crippen LogP contribution < -0.4 is 16.4 Å². The minimum Gasteiger partial charge on any atom is -0.399 e. The Morgan fingerprint density at radius 1 is 1.42 bits per heavy atom. The third-order valence-corrected chi connectivity index (χ3v) is 2.69. The second kappa shape index (κ2) is 5.39. The van der Waals surface area contributed by atoms with Crippen LogP contribution in [0.3, 0.4) is 0 Å². The zero-order chi connectivity index (χ0) is 13.8. The first-order chi connectivity index (χ1) is 9.11. The minimum absolute atomic E-state index is 0.473. The van der Waals surface area contributed by atoms with Gasteiger partial charge in [0.2, 0.25) is 0 Å². The Bertz CT molecular complexity index is 566. The molecule has 0 radical (unpaired) electrons.